The van der Waals surface area contributed by atoms with E-state index >= 15 is 0 Å². The van der Waals surface area contributed by atoms with Crippen LogP contribution in [-0.2, 0) is 0 Å². The van der Waals surface area contributed by atoms with E-state index in [-0.39, 0.29) is 5.56 Å². The van der Waals surface area contributed by atoms with Gasteiger partial charge in [0.05, 0.1) is 5.69 Å². The molecule has 0 aliphatic carbocycles. The van der Waals surface area contributed by atoms with Gasteiger partial charge >= 0.3 is 5.97 Å². The van der Waals surface area contributed by atoms with E-state index in [1.54, 1.807) is 11.3 Å². The van der Waals surface area contributed by atoms with Gasteiger partial charge in [-0.3, -0.25) is 0 Å². The summed E-state index contributed by atoms with van der Waals surface area (Å²) in [6, 6.07) is 11.4. The molecule has 0 saturated carbocycles. The Balaban J connectivity index is 2.21. The van der Waals surface area contributed by atoms with Crippen LogP contribution in [0.3, 0.4) is 0 Å². The number of thiophene rings is 1. The van der Waals surface area contributed by atoms with Crippen molar-refractivity contribution in [2.45, 2.75) is 6.92 Å². The second-order valence-corrected chi connectivity index (χ2v) is 5.64. The largest absolute Gasteiger partial charge is 0.478 e. The number of carboxylic acids is 1. The minimum atomic E-state index is -1.02. The number of aryl methyl sites for hydroxylation is 1. The van der Waals surface area contributed by atoms with Gasteiger partial charge in [-0.25, -0.2) is 14.8 Å². The van der Waals surface area contributed by atoms with E-state index in [1.807, 2.05) is 48.7 Å². The van der Waals surface area contributed by atoms with Crippen molar-refractivity contribution in [1.82, 2.24) is 9.97 Å². The van der Waals surface area contributed by atoms with Crippen LogP contribution in [-0.4, -0.2) is 21.0 Å². The van der Waals surface area contributed by atoms with Gasteiger partial charge in [0.15, 0.2) is 5.82 Å². The third-order valence-corrected chi connectivity index (χ3v) is 4.01. The highest BCUT2D eigenvalue weighted by Crippen LogP contribution is 2.30. The van der Waals surface area contributed by atoms with Crippen molar-refractivity contribution in [3.63, 3.8) is 0 Å². The standard InChI is InChI=1S/C16H12N2O2S/c1-10-12(7-8-21-10)14-13(16(19)20)9-17-15(18-14)11-5-3-2-4-6-11/h2-9H,1H3,(H,19,20). The van der Waals surface area contributed by atoms with Gasteiger partial charge in [0.2, 0.25) is 0 Å². The molecular weight excluding hydrogens is 284 g/mol. The summed E-state index contributed by atoms with van der Waals surface area (Å²) in [4.78, 5) is 21.1. The molecule has 3 aromatic rings. The van der Waals surface area contributed by atoms with E-state index in [9.17, 15) is 9.90 Å². The molecule has 2 heterocycles. The van der Waals surface area contributed by atoms with E-state index in [1.165, 1.54) is 6.20 Å². The number of nitrogens with zero attached hydrogens (tertiary/aromatic N) is 2. The van der Waals surface area contributed by atoms with Crippen LogP contribution in [0.25, 0.3) is 22.6 Å². The molecule has 0 radical (unpaired) electrons. The second-order valence-electron chi connectivity index (χ2n) is 4.52. The lowest BCUT2D eigenvalue weighted by Gasteiger charge is -2.07. The molecular formula is C16H12N2O2S. The predicted octanol–water partition coefficient (Wildman–Crippen LogP) is 3.88. The molecule has 0 unspecified atom stereocenters. The van der Waals surface area contributed by atoms with Crippen molar-refractivity contribution in [2.24, 2.45) is 0 Å². The van der Waals surface area contributed by atoms with Crippen LogP contribution in [0.4, 0.5) is 0 Å². The minimum Gasteiger partial charge on any atom is -0.478 e. The van der Waals surface area contributed by atoms with Gasteiger partial charge in [-0.1, -0.05) is 30.3 Å². The molecule has 1 aromatic carbocycles. The predicted molar refractivity (Wildman–Crippen MR) is 82.5 cm³/mol. The highest BCUT2D eigenvalue weighted by molar-refractivity contribution is 7.10. The first-order valence-electron chi connectivity index (χ1n) is 6.37. The second kappa shape index (κ2) is 5.46. The number of hydrogen-bond donors (Lipinski definition) is 1. The van der Waals surface area contributed by atoms with Crippen LogP contribution in [0.2, 0.25) is 0 Å². The maximum Gasteiger partial charge on any atom is 0.339 e. The van der Waals surface area contributed by atoms with Gasteiger partial charge in [0, 0.05) is 22.2 Å². The topological polar surface area (TPSA) is 63.1 Å². The van der Waals surface area contributed by atoms with Crippen molar-refractivity contribution in [3.8, 4) is 22.6 Å². The van der Waals surface area contributed by atoms with Gasteiger partial charge in [-0.05, 0) is 18.4 Å². The lowest BCUT2D eigenvalue weighted by atomic mass is 10.1. The zero-order valence-corrected chi connectivity index (χ0v) is 12.1. The molecule has 0 amide bonds. The van der Waals surface area contributed by atoms with Gasteiger partial charge in [0.1, 0.15) is 5.56 Å². The molecule has 0 bridgehead atoms. The number of benzene rings is 1. The molecule has 0 spiro atoms. The van der Waals surface area contributed by atoms with E-state index < -0.39 is 5.97 Å². The van der Waals surface area contributed by atoms with Crippen LogP contribution >= 0.6 is 11.3 Å². The molecule has 104 valence electrons. The molecule has 0 aliphatic heterocycles. The third kappa shape index (κ3) is 2.55. The summed E-state index contributed by atoms with van der Waals surface area (Å²) in [6.07, 6.45) is 1.38. The molecule has 0 fully saturated rings. The Kier molecular flexibility index (Phi) is 3.50. The van der Waals surface area contributed by atoms with Crippen molar-refractivity contribution in [1.29, 1.82) is 0 Å². The van der Waals surface area contributed by atoms with E-state index in [4.69, 9.17) is 0 Å². The van der Waals surface area contributed by atoms with Crippen LogP contribution in [0, 0.1) is 6.92 Å². The monoisotopic (exact) mass is 296 g/mol. The van der Waals surface area contributed by atoms with Gasteiger partial charge < -0.3 is 5.11 Å². The number of carbonyl (C=O) groups is 1. The molecule has 5 heteroatoms. The fourth-order valence-electron chi connectivity index (χ4n) is 2.10. The third-order valence-electron chi connectivity index (χ3n) is 3.17. The lowest BCUT2D eigenvalue weighted by Crippen LogP contribution is -2.04. The Bertz CT molecular complexity index is 797. The molecule has 0 aliphatic rings. The average molecular weight is 296 g/mol. The van der Waals surface area contributed by atoms with E-state index in [0.29, 0.717) is 11.5 Å². The fourth-order valence-corrected chi connectivity index (χ4v) is 2.80. The maximum absolute atomic E-state index is 11.4. The smallest absolute Gasteiger partial charge is 0.339 e. The Morgan fingerprint density at radius 3 is 2.57 bits per heavy atom. The number of hydrogen-bond acceptors (Lipinski definition) is 4. The summed E-state index contributed by atoms with van der Waals surface area (Å²) in [5.74, 6) is -0.489. The van der Waals surface area contributed by atoms with E-state index in [0.717, 1.165) is 16.0 Å². The minimum absolute atomic E-state index is 0.121. The number of aromatic carboxylic acids is 1. The maximum atomic E-state index is 11.4. The molecule has 0 atom stereocenters. The molecule has 1 N–H and O–H groups in total. The van der Waals surface area contributed by atoms with Crippen LogP contribution in [0.5, 0.6) is 0 Å². The number of rotatable bonds is 3. The molecule has 2 aromatic heterocycles. The summed E-state index contributed by atoms with van der Waals surface area (Å²) in [5, 5.41) is 11.3. The molecule has 21 heavy (non-hydrogen) atoms. The quantitative estimate of drug-likeness (QED) is 0.796. The number of carboxylic acid groups (broad SMARTS) is 1. The summed E-state index contributed by atoms with van der Waals surface area (Å²) >= 11 is 1.57. The highest BCUT2D eigenvalue weighted by atomic mass is 32.1. The first-order chi connectivity index (χ1) is 10.2. The van der Waals surface area contributed by atoms with Crippen molar-refractivity contribution >= 4 is 17.3 Å². The lowest BCUT2D eigenvalue weighted by molar-refractivity contribution is 0.0697. The van der Waals surface area contributed by atoms with Crippen LogP contribution in [0.15, 0.2) is 48.0 Å². The zero-order valence-electron chi connectivity index (χ0n) is 11.3. The SMILES string of the molecule is Cc1sccc1-c1nc(-c2ccccc2)ncc1C(=O)O. The first kappa shape index (κ1) is 13.5. The normalized spacial score (nSPS) is 10.5. The summed E-state index contributed by atoms with van der Waals surface area (Å²) in [7, 11) is 0. The highest BCUT2D eigenvalue weighted by Gasteiger charge is 2.17. The molecule has 4 nitrogen and oxygen atoms in total. The van der Waals surface area contributed by atoms with Crippen molar-refractivity contribution in [3.05, 3.63) is 58.4 Å². The Labute approximate surface area is 125 Å². The fraction of sp³-hybridized carbons (Fsp3) is 0.0625. The molecule has 0 saturated heterocycles. The Hall–Kier alpha value is -2.53. The molecule has 3 rings (SSSR count). The Morgan fingerprint density at radius 1 is 1.19 bits per heavy atom. The van der Waals surface area contributed by atoms with Gasteiger partial charge in [-0.2, -0.15) is 0 Å². The van der Waals surface area contributed by atoms with E-state index in [2.05, 4.69) is 9.97 Å². The number of aromatic nitrogens is 2. The van der Waals surface area contributed by atoms with Crippen LogP contribution in [0.1, 0.15) is 15.2 Å². The average Bonchev–Trinajstić information content (AvgIpc) is 2.93. The first-order valence-corrected chi connectivity index (χ1v) is 7.25. The van der Waals surface area contributed by atoms with Crippen molar-refractivity contribution < 1.29 is 9.90 Å². The Morgan fingerprint density at radius 2 is 1.95 bits per heavy atom. The van der Waals surface area contributed by atoms with Gasteiger partial charge in [0.25, 0.3) is 0 Å². The van der Waals surface area contributed by atoms with Crippen molar-refractivity contribution in [2.75, 3.05) is 0 Å². The summed E-state index contributed by atoms with van der Waals surface area (Å²) in [6.45, 7) is 1.95. The zero-order chi connectivity index (χ0) is 14.8. The summed E-state index contributed by atoms with van der Waals surface area (Å²) in [5.41, 5.74) is 2.30. The van der Waals surface area contributed by atoms with Crippen LogP contribution < -0.4 is 0 Å². The summed E-state index contributed by atoms with van der Waals surface area (Å²) < 4.78 is 0. The van der Waals surface area contributed by atoms with Gasteiger partial charge in [-0.15, -0.1) is 11.3 Å².